The Morgan fingerprint density at radius 2 is 1.79 bits per heavy atom. The fraction of sp³-hybridized carbons (Fsp3) is 1.00. The van der Waals surface area contributed by atoms with E-state index in [0.29, 0.717) is 6.04 Å². The van der Waals surface area contributed by atoms with E-state index in [4.69, 9.17) is 0 Å². The average Bonchev–Trinajstić information content (AvgIpc) is 2.26. The Bertz CT molecular complexity index is 141. The lowest BCUT2D eigenvalue weighted by Crippen LogP contribution is -2.51. The largest absolute Gasteiger partial charge is 0.315 e. The van der Waals surface area contributed by atoms with Crippen LogP contribution in [0.5, 0.6) is 0 Å². The van der Waals surface area contributed by atoms with Crippen molar-refractivity contribution in [1.82, 2.24) is 15.1 Å². The van der Waals surface area contributed by atoms with E-state index < -0.39 is 0 Å². The van der Waals surface area contributed by atoms with Gasteiger partial charge in [0, 0.05) is 38.8 Å². The smallest absolute Gasteiger partial charge is 0.0193 e. The normalized spacial score (nSPS) is 22.5. The zero-order chi connectivity index (χ0) is 10.4. The molecule has 1 aliphatic heterocycles. The topological polar surface area (TPSA) is 18.5 Å². The molecule has 1 saturated heterocycles. The number of piperazine rings is 1. The Morgan fingerprint density at radius 1 is 1.14 bits per heavy atom. The van der Waals surface area contributed by atoms with E-state index in [0.717, 1.165) is 13.1 Å². The Morgan fingerprint density at radius 3 is 2.29 bits per heavy atom. The number of nitrogens with one attached hydrogen (secondary N) is 1. The van der Waals surface area contributed by atoms with Gasteiger partial charge in [-0.1, -0.05) is 13.8 Å². The van der Waals surface area contributed by atoms with Crippen molar-refractivity contribution in [3.63, 3.8) is 0 Å². The van der Waals surface area contributed by atoms with E-state index in [1.165, 1.54) is 32.7 Å². The molecule has 1 heterocycles. The highest BCUT2D eigenvalue weighted by atomic mass is 15.3. The van der Waals surface area contributed by atoms with Gasteiger partial charge >= 0.3 is 0 Å². The molecule has 0 bridgehead atoms. The second-order valence-electron chi connectivity index (χ2n) is 4.13. The molecule has 3 heteroatoms. The lowest BCUT2D eigenvalue weighted by Gasteiger charge is -2.37. The number of hydrogen-bond acceptors (Lipinski definition) is 3. The summed E-state index contributed by atoms with van der Waals surface area (Å²) in [5.41, 5.74) is 0. The van der Waals surface area contributed by atoms with E-state index in [-0.39, 0.29) is 0 Å². The Labute approximate surface area is 88.5 Å². The molecule has 1 N–H and O–H groups in total. The zero-order valence-corrected chi connectivity index (χ0v) is 9.92. The maximum absolute atomic E-state index is 3.42. The molecule has 0 aromatic heterocycles. The average molecular weight is 199 g/mol. The van der Waals surface area contributed by atoms with Crippen LogP contribution in [0.25, 0.3) is 0 Å². The molecule has 0 aromatic carbocycles. The van der Waals surface area contributed by atoms with Crippen molar-refractivity contribution in [1.29, 1.82) is 0 Å². The molecule has 0 amide bonds. The molecule has 84 valence electrons. The fourth-order valence-corrected chi connectivity index (χ4v) is 2.00. The minimum atomic E-state index is 0.689. The summed E-state index contributed by atoms with van der Waals surface area (Å²) >= 11 is 0. The second kappa shape index (κ2) is 6.38. The van der Waals surface area contributed by atoms with Gasteiger partial charge in [-0.15, -0.1) is 0 Å². The van der Waals surface area contributed by atoms with Crippen LogP contribution in [0.1, 0.15) is 20.8 Å². The highest BCUT2D eigenvalue weighted by molar-refractivity contribution is 4.76. The number of hydrogen-bond donors (Lipinski definition) is 1. The zero-order valence-electron chi connectivity index (χ0n) is 9.92. The van der Waals surface area contributed by atoms with Crippen molar-refractivity contribution in [3.05, 3.63) is 0 Å². The molecule has 1 rings (SSSR count). The molecular formula is C11H25N3. The van der Waals surface area contributed by atoms with Crippen LogP contribution in [0, 0.1) is 0 Å². The molecule has 1 atom stereocenters. The van der Waals surface area contributed by atoms with Crippen LogP contribution in [0.4, 0.5) is 0 Å². The third-order valence-corrected chi connectivity index (χ3v) is 3.17. The molecular weight excluding hydrogens is 174 g/mol. The van der Waals surface area contributed by atoms with Gasteiger partial charge in [0.2, 0.25) is 0 Å². The summed E-state index contributed by atoms with van der Waals surface area (Å²) in [6.45, 7) is 15.1. The van der Waals surface area contributed by atoms with Gasteiger partial charge in [-0.2, -0.15) is 0 Å². The number of rotatable bonds is 5. The van der Waals surface area contributed by atoms with E-state index in [1.807, 2.05) is 0 Å². The van der Waals surface area contributed by atoms with Gasteiger partial charge in [-0.05, 0) is 20.0 Å². The molecule has 0 saturated carbocycles. The summed E-state index contributed by atoms with van der Waals surface area (Å²) in [6, 6.07) is 0.689. The van der Waals surface area contributed by atoms with Crippen molar-refractivity contribution < 1.29 is 0 Å². The first-order valence-electron chi connectivity index (χ1n) is 5.95. The van der Waals surface area contributed by atoms with Crippen LogP contribution < -0.4 is 5.32 Å². The number of nitrogens with zero attached hydrogens (tertiary/aromatic N) is 2. The molecule has 1 fully saturated rings. The van der Waals surface area contributed by atoms with Crippen LogP contribution >= 0.6 is 0 Å². The van der Waals surface area contributed by atoms with Gasteiger partial charge < -0.3 is 10.2 Å². The monoisotopic (exact) mass is 199 g/mol. The van der Waals surface area contributed by atoms with Gasteiger partial charge in [0.05, 0.1) is 0 Å². The van der Waals surface area contributed by atoms with Gasteiger partial charge in [0.25, 0.3) is 0 Å². The standard InChI is InChI=1S/C11H25N3/c1-4-12-10-11(3)14-8-6-13(5-2)7-9-14/h11-12H,4-10H2,1-3H3. The predicted octanol–water partition coefficient (Wildman–Crippen LogP) is 0.622. The third-order valence-electron chi connectivity index (χ3n) is 3.17. The predicted molar refractivity (Wildman–Crippen MR) is 61.7 cm³/mol. The molecule has 3 nitrogen and oxygen atoms in total. The first-order valence-corrected chi connectivity index (χ1v) is 5.95. The van der Waals surface area contributed by atoms with Gasteiger partial charge in [0.1, 0.15) is 0 Å². The van der Waals surface area contributed by atoms with Gasteiger partial charge in [0.15, 0.2) is 0 Å². The van der Waals surface area contributed by atoms with Crippen LogP contribution in [0.3, 0.4) is 0 Å². The Balaban J connectivity index is 2.19. The molecule has 1 unspecified atom stereocenters. The minimum absolute atomic E-state index is 0.689. The Hall–Kier alpha value is -0.120. The maximum Gasteiger partial charge on any atom is 0.0193 e. The van der Waals surface area contributed by atoms with E-state index in [1.54, 1.807) is 0 Å². The first kappa shape index (κ1) is 12.0. The highest BCUT2D eigenvalue weighted by Crippen LogP contribution is 2.05. The van der Waals surface area contributed by atoms with Crippen LogP contribution in [0.2, 0.25) is 0 Å². The molecule has 0 radical (unpaired) electrons. The van der Waals surface area contributed by atoms with E-state index >= 15 is 0 Å². The van der Waals surface area contributed by atoms with Gasteiger partial charge in [-0.3, -0.25) is 4.90 Å². The molecule has 14 heavy (non-hydrogen) atoms. The molecule has 0 aliphatic carbocycles. The lowest BCUT2D eigenvalue weighted by atomic mass is 10.2. The third kappa shape index (κ3) is 3.56. The summed E-state index contributed by atoms with van der Waals surface area (Å²) in [4.78, 5) is 5.12. The van der Waals surface area contributed by atoms with Crippen molar-refractivity contribution in [2.75, 3.05) is 45.8 Å². The summed E-state index contributed by atoms with van der Waals surface area (Å²) in [5.74, 6) is 0. The first-order chi connectivity index (χ1) is 6.77. The molecule has 1 aliphatic rings. The van der Waals surface area contributed by atoms with Crippen LogP contribution in [-0.2, 0) is 0 Å². The van der Waals surface area contributed by atoms with Gasteiger partial charge in [-0.25, -0.2) is 0 Å². The molecule has 0 spiro atoms. The van der Waals surface area contributed by atoms with Crippen molar-refractivity contribution in [3.8, 4) is 0 Å². The highest BCUT2D eigenvalue weighted by Gasteiger charge is 2.19. The van der Waals surface area contributed by atoms with Crippen LogP contribution in [-0.4, -0.2) is 61.7 Å². The molecule has 0 aromatic rings. The van der Waals surface area contributed by atoms with Crippen molar-refractivity contribution in [2.45, 2.75) is 26.8 Å². The quantitative estimate of drug-likeness (QED) is 0.700. The minimum Gasteiger partial charge on any atom is -0.315 e. The lowest BCUT2D eigenvalue weighted by molar-refractivity contribution is 0.105. The van der Waals surface area contributed by atoms with E-state index in [9.17, 15) is 0 Å². The van der Waals surface area contributed by atoms with Crippen LogP contribution in [0.15, 0.2) is 0 Å². The second-order valence-corrected chi connectivity index (χ2v) is 4.13. The summed E-state index contributed by atoms with van der Waals surface area (Å²) in [6.07, 6.45) is 0. The maximum atomic E-state index is 3.42. The van der Waals surface area contributed by atoms with Crippen molar-refractivity contribution in [2.24, 2.45) is 0 Å². The van der Waals surface area contributed by atoms with E-state index in [2.05, 4.69) is 35.9 Å². The summed E-state index contributed by atoms with van der Waals surface area (Å²) in [7, 11) is 0. The van der Waals surface area contributed by atoms with Crippen molar-refractivity contribution >= 4 is 0 Å². The summed E-state index contributed by atoms with van der Waals surface area (Å²) < 4.78 is 0. The SMILES string of the molecule is CCNCC(C)N1CCN(CC)CC1. The fourth-order valence-electron chi connectivity index (χ4n) is 2.00. The Kier molecular flexibility index (Phi) is 5.45. The summed E-state index contributed by atoms with van der Waals surface area (Å²) in [5, 5.41) is 3.42. The number of likely N-dealkylation sites (N-methyl/N-ethyl adjacent to an activating group) is 2.